The number of halogens is 1. The Hall–Kier alpha value is -3.28. The van der Waals surface area contributed by atoms with Crippen LogP contribution >= 0.6 is 7.50 Å². The minimum Gasteiger partial charge on any atom is -0.439 e. The molecule has 8 heteroatoms. The maximum Gasteiger partial charge on any atom is 0.220 e. The summed E-state index contributed by atoms with van der Waals surface area (Å²) in [6, 6.07) is 14.9. The van der Waals surface area contributed by atoms with Crippen LogP contribution in [0.2, 0.25) is 0 Å². The molecule has 1 aliphatic rings. The van der Waals surface area contributed by atoms with Crippen molar-refractivity contribution < 1.29 is 13.9 Å². The molecule has 0 bridgehead atoms. The number of hydrogen-bond donors (Lipinski definition) is 2. The number of fused-ring (bicyclic) bond motifs is 1. The predicted molar refractivity (Wildman–Crippen MR) is 150 cm³/mol. The van der Waals surface area contributed by atoms with E-state index in [0.717, 1.165) is 34.6 Å². The fourth-order valence-corrected chi connectivity index (χ4v) is 5.19. The second kappa shape index (κ2) is 13.9. The summed E-state index contributed by atoms with van der Waals surface area (Å²) in [7, 11) is 1.16. The third-order valence-corrected chi connectivity index (χ3v) is 7.73. The Kier molecular flexibility index (Phi) is 10.6. The van der Waals surface area contributed by atoms with Crippen LogP contribution in [0.15, 0.2) is 54.7 Å². The van der Waals surface area contributed by atoms with Gasteiger partial charge in [0.25, 0.3) is 0 Å². The van der Waals surface area contributed by atoms with Crippen molar-refractivity contribution in [3.8, 4) is 22.8 Å². The number of carbonyl (C=O) groups excluding carboxylic acids is 1. The first-order valence-corrected chi connectivity index (χ1v) is 13.9. The topological polar surface area (TPSA) is 76.1 Å². The monoisotopic (exact) mass is 522 g/mol. The summed E-state index contributed by atoms with van der Waals surface area (Å²) < 4.78 is 23.9. The molecule has 0 aliphatic heterocycles. The van der Waals surface area contributed by atoms with Crippen LogP contribution < -0.4 is 15.4 Å². The Bertz CT molecular complexity index is 1320. The normalized spacial score (nSPS) is 12.6. The van der Waals surface area contributed by atoms with Crippen LogP contribution in [-0.2, 0) is 4.79 Å². The summed E-state index contributed by atoms with van der Waals surface area (Å²) in [6.45, 7) is 9.53. The lowest BCUT2D eigenvalue weighted by molar-refractivity contribution is -0.109. The lowest BCUT2D eigenvalue weighted by Gasteiger charge is -2.08. The second-order valence-corrected chi connectivity index (χ2v) is 11.0. The molecular weight excluding hydrogens is 486 g/mol. The lowest BCUT2D eigenvalue weighted by atomic mass is 10.0. The van der Waals surface area contributed by atoms with Crippen molar-refractivity contribution in [2.75, 3.05) is 13.6 Å². The average Bonchev–Trinajstić information content (AvgIpc) is 3.58. The molecule has 196 valence electrons. The summed E-state index contributed by atoms with van der Waals surface area (Å²) in [5.74, 6) is 0.570. The summed E-state index contributed by atoms with van der Waals surface area (Å²) in [4.78, 5) is 14.3. The SMILES string of the molecule is CCCNC.Cc1ccc(-c2cnp3c(C)cc(Oc4cccc(F)c4)nc23)cc1C.O=CNC1CC1. The van der Waals surface area contributed by atoms with Gasteiger partial charge in [0.15, 0.2) is 0 Å². The Labute approximate surface area is 219 Å². The van der Waals surface area contributed by atoms with E-state index in [9.17, 15) is 9.18 Å². The number of aromatic nitrogens is 2. The van der Waals surface area contributed by atoms with Gasteiger partial charge in [-0.2, -0.15) is 0 Å². The maximum atomic E-state index is 13.4. The molecule has 1 fully saturated rings. The summed E-state index contributed by atoms with van der Waals surface area (Å²) in [5.41, 5.74) is 4.64. The molecule has 0 saturated heterocycles. The Morgan fingerprint density at radius 3 is 2.46 bits per heavy atom. The molecule has 1 amide bonds. The number of nitrogens with zero attached hydrogens (tertiary/aromatic N) is 2. The van der Waals surface area contributed by atoms with E-state index in [4.69, 9.17) is 9.72 Å². The van der Waals surface area contributed by atoms with Crippen molar-refractivity contribution in [2.24, 2.45) is 0 Å². The molecule has 1 atom stereocenters. The number of nitrogens with one attached hydrogen (secondary N) is 2. The van der Waals surface area contributed by atoms with Gasteiger partial charge in [0.05, 0.1) is 0 Å². The maximum absolute atomic E-state index is 13.4. The fourth-order valence-electron chi connectivity index (χ4n) is 3.50. The minimum absolute atomic E-state index is 0.332. The number of carbonyl (C=O) groups is 1. The average molecular weight is 523 g/mol. The quantitative estimate of drug-likeness (QED) is 0.257. The van der Waals surface area contributed by atoms with Crippen molar-refractivity contribution in [1.82, 2.24) is 20.4 Å². The summed E-state index contributed by atoms with van der Waals surface area (Å²) in [5, 5.41) is 7.71. The predicted octanol–water partition coefficient (Wildman–Crippen LogP) is 6.95. The van der Waals surface area contributed by atoms with E-state index >= 15 is 0 Å². The smallest absolute Gasteiger partial charge is 0.220 e. The van der Waals surface area contributed by atoms with Crippen LogP contribution in [0.3, 0.4) is 0 Å². The van der Waals surface area contributed by atoms with Crippen molar-refractivity contribution in [2.45, 2.75) is 53.0 Å². The van der Waals surface area contributed by atoms with Gasteiger partial charge in [-0.1, -0.05) is 31.2 Å². The summed E-state index contributed by atoms with van der Waals surface area (Å²) >= 11 is 0. The van der Waals surface area contributed by atoms with Gasteiger partial charge in [0, 0.05) is 37.4 Å². The highest BCUT2D eigenvalue weighted by molar-refractivity contribution is 7.48. The Morgan fingerprint density at radius 2 is 1.89 bits per heavy atom. The molecule has 0 radical (unpaired) electrons. The van der Waals surface area contributed by atoms with Crippen LogP contribution in [-0.4, -0.2) is 35.8 Å². The first-order chi connectivity index (χ1) is 17.9. The molecule has 1 aliphatic carbocycles. The van der Waals surface area contributed by atoms with E-state index in [1.807, 2.05) is 26.2 Å². The van der Waals surface area contributed by atoms with Gasteiger partial charge in [-0.05, 0) is 87.7 Å². The third kappa shape index (κ3) is 8.38. The molecule has 2 heterocycles. The molecule has 37 heavy (non-hydrogen) atoms. The van der Waals surface area contributed by atoms with Crippen LogP contribution in [0.5, 0.6) is 11.6 Å². The zero-order chi connectivity index (χ0) is 26.8. The second-order valence-electron chi connectivity index (χ2n) is 9.05. The van der Waals surface area contributed by atoms with Gasteiger partial charge in [0.1, 0.15) is 16.8 Å². The van der Waals surface area contributed by atoms with Crippen molar-refractivity contribution >= 4 is 19.2 Å². The molecule has 2 N–H and O–H groups in total. The zero-order valence-corrected chi connectivity index (χ0v) is 23.1. The fraction of sp³-hybridized carbons (Fsp3) is 0.345. The summed E-state index contributed by atoms with van der Waals surface area (Å²) in [6.07, 6.45) is 6.27. The van der Waals surface area contributed by atoms with Gasteiger partial charge in [-0.15, -0.1) is 0 Å². The highest BCUT2D eigenvalue weighted by Crippen LogP contribution is 2.41. The van der Waals surface area contributed by atoms with Crippen molar-refractivity contribution in [3.63, 3.8) is 0 Å². The van der Waals surface area contributed by atoms with E-state index in [-0.39, 0.29) is 5.82 Å². The standard InChI is InChI=1S/C21H18FN2OP.C4H7NO.C4H11N/c1-13-7-8-16(9-14(13)2)19-12-23-26-15(3)10-20(24-21(19)26)25-18-6-4-5-17(22)11-18;6-3-5-4-1-2-4;1-3-4-5-2/h4-12H,1-3H3;3-4H,1-2H2,(H,5,6);5H,3-4H2,1-2H3. The van der Waals surface area contributed by atoms with Gasteiger partial charge < -0.3 is 15.4 Å². The highest BCUT2D eigenvalue weighted by atomic mass is 31.1. The van der Waals surface area contributed by atoms with E-state index in [2.05, 4.69) is 54.4 Å². The molecule has 1 unspecified atom stereocenters. The molecule has 1 saturated carbocycles. The number of hydrogen-bond acceptors (Lipinski definition) is 5. The zero-order valence-electron chi connectivity index (χ0n) is 22.2. The number of amides is 1. The molecule has 6 nitrogen and oxygen atoms in total. The van der Waals surface area contributed by atoms with Crippen molar-refractivity contribution in [1.29, 1.82) is 0 Å². The van der Waals surface area contributed by atoms with Crippen LogP contribution in [0.4, 0.5) is 4.39 Å². The third-order valence-electron chi connectivity index (χ3n) is 5.84. The largest absolute Gasteiger partial charge is 0.439 e. The van der Waals surface area contributed by atoms with E-state index in [0.29, 0.717) is 17.7 Å². The van der Waals surface area contributed by atoms with Gasteiger partial charge >= 0.3 is 0 Å². The number of aryl methyl sites for hydroxylation is 3. The minimum atomic E-state index is -0.800. The van der Waals surface area contributed by atoms with Gasteiger partial charge in [0.2, 0.25) is 12.3 Å². The lowest BCUT2D eigenvalue weighted by Crippen LogP contribution is -2.11. The van der Waals surface area contributed by atoms with Gasteiger partial charge in [-0.3, -0.25) is 4.79 Å². The van der Waals surface area contributed by atoms with Gasteiger partial charge in [-0.25, -0.2) is 14.1 Å². The Balaban J connectivity index is 0.000000288. The number of ether oxygens (including phenoxy) is 1. The number of benzene rings is 2. The van der Waals surface area contributed by atoms with E-state index in [1.54, 1.807) is 12.1 Å². The van der Waals surface area contributed by atoms with Crippen LogP contribution in [0.1, 0.15) is 42.6 Å². The van der Waals surface area contributed by atoms with E-state index < -0.39 is 7.50 Å². The first kappa shape index (κ1) is 28.3. The first-order valence-electron chi connectivity index (χ1n) is 12.6. The molecule has 2 aromatic carbocycles. The van der Waals surface area contributed by atoms with Crippen LogP contribution in [0, 0.1) is 26.6 Å². The molecule has 4 aromatic rings. The molecule has 2 aromatic heterocycles. The molecular formula is C29H36FN4O2P. The van der Waals surface area contributed by atoms with Crippen molar-refractivity contribution in [3.05, 3.63) is 77.0 Å². The molecule has 5 rings (SSSR count). The van der Waals surface area contributed by atoms with Crippen LogP contribution in [0.25, 0.3) is 16.4 Å². The van der Waals surface area contributed by atoms with E-state index in [1.165, 1.54) is 42.5 Å². The highest BCUT2D eigenvalue weighted by Gasteiger charge is 2.19. The molecule has 0 spiro atoms. The Morgan fingerprint density at radius 1 is 1.11 bits per heavy atom. The number of rotatable bonds is 7.